The molecular formula is C25H26N2O6. The zero-order valence-corrected chi connectivity index (χ0v) is 18.2. The molecule has 33 heavy (non-hydrogen) atoms. The number of benzene rings is 2. The molecule has 8 heteroatoms. The van der Waals surface area contributed by atoms with Crippen molar-refractivity contribution in [3.05, 3.63) is 71.8 Å². The number of carboxylic acids is 1. The quantitative estimate of drug-likeness (QED) is 0.533. The summed E-state index contributed by atoms with van der Waals surface area (Å²) in [5.74, 6) is -2.16. The summed E-state index contributed by atoms with van der Waals surface area (Å²) in [5.41, 5.74) is 4.58. The van der Waals surface area contributed by atoms with Crippen LogP contribution >= 0.6 is 0 Å². The average Bonchev–Trinajstić information content (AvgIpc) is 3.40. The number of hydrogen-bond acceptors (Lipinski definition) is 5. The van der Waals surface area contributed by atoms with Crippen LogP contribution in [0.2, 0.25) is 0 Å². The summed E-state index contributed by atoms with van der Waals surface area (Å²) in [6.45, 7) is 0.0798. The van der Waals surface area contributed by atoms with E-state index in [0.717, 1.165) is 22.3 Å². The van der Waals surface area contributed by atoms with Gasteiger partial charge in [0.05, 0.1) is 18.6 Å². The van der Waals surface area contributed by atoms with Gasteiger partial charge in [0.1, 0.15) is 6.61 Å². The van der Waals surface area contributed by atoms with E-state index in [0.29, 0.717) is 6.42 Å². The highest BCUT2D eigenvalue weighted by molar-refractivity contribution is 5.86. The Labute approximate surface area is 191 Å². The van der Waals surface area contributed by atoms with Crippen molar-refractivity contribution in [3.63, 3.8) is 0 Å². The highest BCUT2D eigenvalue weighted by Gasteiger charge is 2.31. The molecule has 2 aliphatic carbocycles. The Hall–Kier alpha value is -3.65. The first-order valence-corrected chi connectivity index (χ1v) is 10.8. The van der Waals surface area contributed by atoms with Gasteiger partial charge in [-0.25, -0.2) is 9.59 Å². The Morgan fingerprint density at radius 1 is 1.03 bits per heavy atom. The first kappa shape index (κ1) is 22.5. The Morgan fingerprint density at radius 3 is 2.27 bits per heavy atom. The molecule has 0 bridgehead atoms. The number of methoxy groups -OCH3 is 1. The molecular weight excluding hydrogens is 424 g/mol. The van der Waals surface area contributed by atoms with Gasteiger partial charge >= 0.3 is 12.1 Å². The highest BCUT2D eigenvalue weighted by atomic mass is 16.5. The molecule has 2 amide bonds. The van der Waals surface area contributed by atoms with Crippen LogP contribution in [-0.4, -0.2) is 55.5 Å². The smallest absolute Gasteiger partial charge is 0.407 e. The summed E-state index contributed by atoms with van der Waals surface area (Å²) in [6, 6.07) is 14.7. The van der Waals surface area contributed by atoms with Crippen molar-refractivity contribution in [2.24, 2.45) is 5.92 Å². The van der Waals surface area contributed by atoms with Gasteiger partial charge in [0.25, 0.3) is 0 Å². The number of amides is 2. The number of nitrogens with one attached hydrogen (secondary N) is 2. The highest BCUT2D eigenvalue weighted by Crippen LogP contribution is 2.44. The fourth-order valence-electron chi connectivity index (χ4n) is 4.41. The van der Waals surface area contributed by atoms with Gasteiger partial charge in [0.2, 0.25) is 5.91 Å². The molecule has 3 atom stereocenters. The number of hydrogen-bond donors (Lipinski definition) is 3. The maximum absolute atomic E-state index is 12.4. The van der Waals surface area contributed by atoms with Crippen LogP contribution in [0.1, 0.15) is 23.5 Å². The summed E-state index contributed by atoms with van der Waals surface area (Å²) in [5, 5.41) is 14.4. The zero-order chi connectivity index (χ0) is 23.4. The van der Waals surface area contributed by atoms with Crippen LogP contribution in [-0.2, 0) is 19.1 Å². The Bertz CT molecular complexity index is 1040. The molecule has 2 aromatic rings. The van der Waals surface area contributed by atoms with E-state index in [1.54, 1.807) is 12.2 Å². The lowest BCUT2D eigenvalue weighted by atomic mass is 9.98. The van der Waals surface area contributed by atoms with Crippen molar-refractivity contribution in [1.82, 2.24) is 10.6 Å². The second kappa shape index (κ2) is 9.87. The van der Waals surface area contributed by atoms with Gasteiger partial charge in [-0.15, -0.1) is 0 Å². The lowest BCUT2D eigenvalue weighted by Gasteiger charge is -2.18. The molecule has 0 aromatic heterocycles. The molecule has 2 aliphatic rings. The Kier molecular flexibility index (Phi) is 6.74. The number of rotatable bonds is 8. The molecule has 0 aliphatic heterocycles. The van der Waals surface area contributed by atoms with E-state index >= 15 is 0 Å². The minimum absolute atomic E-state index is 0.0328. The number of aliphatic carboxylic acids is 1. The lowest BCUT2D eigenvalue weighted by molar-refractivity contribution is -0.143. The van der Waals surface area contributed by atoms with E-state index < -0.39 is 29.9 Å². The van der Waals surface area contributed by atoms with Crippen molar-refractivity contribution in [2.45, 2.75) is 24.4 Å². The lowest BCUT2D eigenvalue weighted by Crippen LogP contribution is -2.46. The van der Waals surface area contributed by atoms with Crippen LogP contribution < -0.4 is 10.6 Å². The van der Waals surface area contributed by atoms with Gasteiger partial charge in [0.15, 0.2) is 6.04 Å². The van der Waals surface area contributed by atoms with E-state index in [4.69, 9.17) is 14.6 Å². The topological polar surface area (TPSA) is 114 Å². The maximum Gasteiger partial charge on any atom is 0.407 e. The zero-order valence-electron chi connectivity index (χ0n) is 18.2. The van der Waals surface area contributed by atoms with Crippen molar-refractivity contribution in [3.8, 4) is 11.1 Å². The molecule has 4 rings (SSSR count). The molecule has 0 spiro atoms. The number of carbonyl (C=O) groups is 3. The maximum atomic E-state index is 12.4. The van der Waals surface area contributed by atoms with Gasteiger partial charge in [-0.1, -0.05) is 60.7 Å². The third-order valence-corrected chi connectivity index (χ3v) is 6.02. The third kappa shape index (κ3) is 4.90. The molecule has 172 valence electrons. The van der Waals surface area contributed by atoms with Crippen LogP contribution in [0.3, 0.4) is 0 Å². The summed E-state index contributed by atoms with van der Waals surface area (Å²) in [4.78, 5) is 36.0. The van der Waals surface area contributed by atoms with Gasteiger partial charge < -0.3 is 25.2 Å². The fraction of sp³-hybridized carbons (Fsp3) is 0.320. The number of alkyl carbamates (subject to hydrolysis) is 1. The minimum Gasteiger partial charge on any atom is -0.480 e. The molecule has 8 nitrogen and oxygen atoms in total. The number of carbonyl (C=O) groups excluding carboxylic acids is 2. The van der Waals surface area contributed by atoms with E-state index in [1.165, 1.54) is 7.11 Å². The molecule has 0 saturated carbocycles. The Balaban J connectivity index is 1.30. The van der Waals surface area contributed by atoms with Gasteiger partial charge in [-0.3, -0.25) is 4.79 Å². The second-order valence-corrected chi connectivity index (χ2v) is 8.16. The van der Waals surface area contributed by atoms with Crippen LogP contribution in [0.15, 0.2) is 60.7 Å². The average molecular weight is 450 g/mol. The predicted octanol–water partition coefficient (Wildman–Crippen LogP) is 2.69. The van der Waals surface area contributed by atoms with Crippen LogP contribution in [0.25, 0.3) is 11.1 Å². The van der Waals surface area contributed by atoms with Crippen LogP contribution in [0, 0.1) is 5.92 Å². The predicted molar refractivity (Wildman–Crippen MR) is 121 cm³/mol. The molecule has 3 N–H and O–H groups in total. The van der Waals surface area contributed by atoms with Crippen molar-refractivity contribution in [1.29, 1.82) is 0 Å². The first-order chi connectivity index (χ1) is 16.0. The van der Waals surface area contributed by atoms with E-state index in [1.807, 2.05) is 24.3 Å². The van der Waals surface area contributed by atoms with E-state index in [9.17, 15) is 14.4 Å². The normalized spacial score (nSPS) is 19.4. The fourth-order valence-corrected chi connectivity index (χ4v) is 4.41. The van der Waals surface area contributed by atoms with E-state index in [2.05, 4.69) is 34.9 Å². The summed E-state index contributed by atoms with van der Waals surface area (Å²) >= 11 is 0. The van der Waals surface area contributed by atoms with Gasteiger partial charge in [0, 0.05) is 13.0 Å². The van der Waals surface area contributed by atoms with Gasteiger partial charge in [-0.05, 0) is 28.7 Å². The van der Waals surface area contributed by atoms with Crippen molar-refractivity contribution < 1.29 is 29.0 Å². The molecule has 0 radical (unpaired) electrons. The molecule has 3 unspecified atom stereocenters. The summed E-state index contributed by atoms with van der Waals surface area (Å²) in [6.07, 6.45) is 3.15. The van der Waals surface area contributed by atoms with Crippen LogP contribution in [0.4, 0.5) is 4.79 Å². The van der Waals surface area contributed by atoms with Gasteiger partial charge in [-0.2, -0.15) is 0 Å². The van der Waals surface area contributed by atoms with E-state index in [-0.39, 0.29) is 25.2 Å². The number of ether oxygens (including phenoxy) is 2. The minimum atomic E-state index is -1.17. The second-order valence-electron chi connectivity index (χ2n) is 8.16. The number of fused-ring (bicyclic) bond motifs is 3. The van der Waals surface area contributed by atoms with Crippen molar-refractivity contribution >= 4 is 18.0 Å². The SMILES string of the molecule is COCC(NC(=O)C1C=CC(NC(=O)OCC2c3ccccc3-c3ccccc32)C1)C(=O)O. The molecule has 0 heterocycles. The monoisotopic (exact) mass is 450 g/mol. The summed E-state index contributed by atoms with van der Waals surface area (Å²) in [7, 11) is 1.37. The Morgan fingerprint density at radius 2 is 1.67 bits per heavy atom. The standard InChI is InChI=1S/C25H26N2O6/c1-32-14-22(24(29)30)27-23(28)15-10-11-16(12-15)26-25(31)33-13-21-19-8-4-2-6-17(19)18-7-3-5-9-20(18)21/h2-11,15-16,21-22H,12-14H2,1H3,(H,26,31)(H,27,28)(H,29,30). The number of carboxylic acid groups (broad SMARTS) is 1. The molecule has 0 fully saturated rings. The largest absolute Gasteiger partial charge is 0.480 e. The molecule has 2 aromatic carbocycles. The van der Waals surface area contributed by atoms with Crippen molar-refractivity contribution in [2.75, 3.05) is 20.3 Å². The third-order valence-electron chi connectivity index (χ3n) is 6.02. The molecule has 0 saturated heterocycles. The summed E-state index contributed by atoms with van der Waals surface area (Å²) < 4.78 is 10.4. The van der Waals surface area contributed by atoms with Crippen LogP contribution in [0.5, 0.6) is 0 Å². The first-order valence-electron chi connectivity index (χ1n) is 10.8.